The zero-order chi connectivity index (χ0) is 10.7. The number of nitrogens with zero attached hydrogens (tertiary/aromatic N) is 2. The maximum absolute atomic E-state index is 5.49. The van der Waals surface area contributed by atoms with Gasteiger partial charge in [0.25, 0.3) is 0 Å². The number of aryl methyl sites for hydroxylation is 1. The Labute approximate surface area is 93.8 Å². The van der Waals surface area contributed by atoms with E-state index in [1.807, 2.05) is 18.7 Å². The third-order valence-corrected chi connectivity index (χ3v) is 4.01. The van der Waals surface area contributed by atoms with Gasteiger partial charge in [-0.25, -0.2) is 0 Å². The van der Waals surface area contributed by atoms with E-state index in [4.69, 9.17) is 9.26 Å². The third kappa shape index (κ3) is 2.72. The number of rotatable bonds is 4. The molecule has 0 aliphatic carbocycles. The molecule has 1 saturated heterocycles. The summed E-state index contributed by atoms with van der Waals surface area (Å²) in [6.07, 6.45) is 2.31. The zero-order valence-electron chi connectivity index (χ0n) is 9.10. The van der Waals surface area contributed by atoms with Crippen molar-refractivity contribution in [2.45, 2.75) is 43.8 Å². The number of ether oxygens (including phenoxy) is 1. The van der Waals surface area contributed by atoms with Crippen LogP contribution in [0.25, 0.3) is 0 Å². The molecular weight excluding hydrogens is 212 g/mol. The summed E-state index contributed by atoms with van der Waals surface area (Å²) in [6.45, 7) is 5.02. The summed E-state index contributed by atoms with van der Waals surface area (Å²) in [5.74, 6) is 2.32. The van der Waals surface area contributed by atoms with Gasteiger partial charge in [-0.05, 0) is 13.3 Å². The van der Waals surface area contributed by atoms with Gasteiger partial charge in [0.1, 0.15) is 0 Å². The molecule has 1 aromatic heterocycles. The highest BCUT2D eigenvalue weighted by Gasteiger charge is 2.25. The van der Waals surface area contributed by atoms with E-state index < -0.39 is 0 Å². The van der Waals surface area contributed by atoms with Gasteiger partial charge in [-0.3, -0.25) is 0 Å². The maximum atomic E-state index is 5.49. The van der Waals surface area contributed by atoms with Gasteiger partial charge in [-0.2, -0.15) is 4.98 Å². The van der Waals surface area contributed by atoms with E-state index >= 15 is 0 Å². The Kier molecular flexibility index (Phi) is 3.64. The molecule has 0 saturated carbocycles. The van der Waals surface area contributed by atoms with Crippen LogP contribution >= 0.6 is 11.8 Å². The highest BCUT2D eigenvalue weighted by atomic mass is 32.2. The molecule has 0 spiro atoms. The molecule has 2 atom stereocenters. The molecule has 84 valence electrons. The Balaban J connectivity index is 1.82. The number of hydrogen-bond acceptors (Lipinski definition) is 5. The van der Waals surface area contributed by atoms with E-state index in [-0.39, 0.29) is 0 Å². The molecule has 0 radical (unpaired) electrons. The zero-order valence-corrected chi connectivity index (χ0v) is 9.92. The minimum absolute atomic E-state index is 0.351. The second kappa shape index (κ2) is 4.99. The molecule has 0 bridgehead atoms. The van der Waals surface area contributed by atoms with Crippen molar-refractivity contribution in [2.75, 3.05) is 6.61 Å². The average molecular weight is 228 g/mol. The Morgan fingerprint density at radius 3 is 3.00 bits per heavy atom. The monoisotopic (exact) mass is 228 g/mol. The molecule has 5 heteroatoms. The molecule has 1 aliphatic heterocycles. The van der Waals surface area contributed by atoms with Gasteiger partial charge in [-0.15, -0.1) is 11.8 Å². The van der Waals surface area contributed by atoms with Crippen LogP contribution in [0.2, 0.25) is 0 Å². The topological polar surface area (TPSA) is 48.2 Å². The maximum Gasteiger partial charge on any atom is 0.236 e. The first-order chi connectivity index (χ1) is 7.29. The van der Waals surface area contributed by atoms with E-state index in [2.05, 4.69) is 17.1 Å². The fourth-order valence-corrected chi connectivity index (χ4v) is 2.69. The van der Waals surface area contributed by atoms with Gasteiger partial charge in [-0.1, -0.05) is 12.1 Å². The Bertz CT molecular complexity index is 316. The molecular formula is C10H16N2O2S. The fraction of sp³-hybridized carbons (Fsp3) is 0.800. The quantitative estimate of drug-likeness (QED) is 0.789. The molecule has 1 fully saturated rings. The van der Waals surface area contributed by atoms with Crippen molar-refractivity contribution in [3.63, 3.8) is 0 Å². The molecule has 2 rings (SSSR count). The van der Waals surface area contributed by atoms with Crippen LogP contribution in [0.5, 0.6) is 0 Å². The average Bonchev–Trinajstić information content (AvgIpc) is 2.84. The SMILES string of the molecule is CCc1noc(CS[C@H]2CCO[C@H]2C)n1. The predicted octanol–water partition coefficient (Wildman–Crippen LogP) is 2.04. The first-order valence-corrected chi connectivity index (χ1v) is 6.39. The van der Waals surface area contributed by atoms with Gasteiger partial charge in [0.2, 0.25) is 5.89 Å². The molecule has 15 heavy (non-hydrogen) atoms. The van der Waals surface area contributed by atoms with Crippen molar-refractivity contribution in [1.29, 1.82) is 0 Å². The first-order valence-electron chi connectivity index (χ1n) is 5.34. The summed E-state index contributed by atoms with van der Waals surface area (Å²) < 4.78 is 10.6. The summed E-state index contributed by atoms with van der Waals surface area (Å²) in [5, 5.41) is 4.44. The minimum atomic E-state index is 0.351. The summed E-state index contributed by atoms with van der Waals surface area (Å²) >= 11 is 1.85. The Morgan fingerprint density at radius 2 is 2.40 bits per heavy atom. The molecule has 0 N–H and O–H groups in total. The molecule has 4 nitrogen and oxygen atoms in total. The fourth-order valence-electron chi connectivity index (χ4n) is 1.60. The van der Waals surface area contributed by atoms with Crippen molar-refractivity contribution in [3.05, 3.63) is 11.7 Å². The lowest BCUT2D eigenvalue weighted by molar-refractivity contribution is 0.127. The molecule has 1 aliphatic rings. The minimum Gasteiger partial charge on any atom is -0.377 e. The second-order valence-electron chi connectivity index (χ2n) is 3.67. The van der Waals surface area contributed by atoms with Crippen molar-refractivity contribution >= 4 is 11.8 Å². The summed E-state index contributed by atoms with van der Waals surface area (Å²) in [6, 6.07) is 0. The lowest BCUT2D eigenvalue weighted by atomic mass is 10.3. The molecule has 2 heterocycles. The van der Waals surface area contributed by atoms with Crippen LogP contribution < -0.4 is 0 Å². The number of hydrogen-bond donors (Lipinski definition) is 0. The van der Waals surface area contributed by atoms with Crippen LogP contribution in [0.4, 0.5) is 0 Å². The molecule has 0 amide bonds. The summed E-state index contributed by atoms with van der Waals surface area (Å²) in [4.78, 5) is 4.28. The van der Waals surface area contributed by atoms with Crippen LogP contribution in [0.1, 0.15) is 32.0 Å². The van der Waals surface area contributed by atoms with Crippen LogP contribution in [-0.2, 0) is 16.9 Å². The highest BCUT2D eigenvalue weighted by molar-refractivity contribution is 7.99. The van der Waals surface area contributed by atoms with Crippen molar-refractivity contribution in [2.24, 2.45) is 0 Å². The molecule has 1 aromatic rings. The van der Waals surface area contributed by atoms with Crippen LogP contribution in [0.3, 0.4) is 0 Å². The largest absolute Gasteiger partial charge is 0.377 e. The highest BCUT2D eigenvalue weighted by Crippen LogP contribution is 2.28. The normalized spacial score (nSPS) is 26.0. The number of aromatic nitrogens is 2. The smallest absolute Gasteiger partial charge is 0.236 e. The van der Waals surface area contributed by atoms with Crippen LogP contribution in [0.15, 0.2) is 4.52 Å². The summed E-state index contributed by atoms with van der Waals surface area (Å²) in [7, 11) is 0. The van der Waals surface area contributed by atoms with Crippen LogP contribution in [0, 0.1) is 0 Å². The lowest BCUT2D eigenvalue weighted by Crippen LogP contribution is -2.13. The van der Waals surface area contributed by atoms with E-state index in [0.29, 0.717) is 11.4 Å². The standard InChI is InChI=1S/C10H16N2O2S/c1-3-9-11-10(14-12-9)6-15-8-4-5-13-7(8)2/h7-8H,3-6H2,1-2H3/t7-,8-/m0/s1. The third-order valence-electron chi connectivity index (χ3n) is 2.55. The predicted molar refractivity (Wildman–Crippen MR) is 58.8 cm³/mol. The van der Waals surface area contributed by atoms with Crippen molar-refractivity contribution in [1.82, 2.24) is 10.1 Å². The van der Waals surface area contributed by atoms with Crippen LogP contribution in [-0.4, -0.2) is 28.1 Å². The van der Waals surface area contributed by atoms with E-state index in [1.54, 1.807) is 0 Å². The number of thioether (sulfide) groups is 1. The Morgan fingerprint density at radius 1 is 1.53 bits per heavy atom. The van der Waals surface area contributed by atoms with E-state index in [1.165, 1.54) is 0 Å². The van der Waals surface area contributed by atoms with E-state index in [9.17, 15) is 0 Å². The first kappa shape index (κ1) is 11.0. The lowest BCUT2D eigenvalue weighted by Gasteiger charge is -2.11. The molecule has 0 unspecified atom stereocenters. The Hall–Kier alpha value is -0.550. The van der Waals surface area contributed by atoms with Crippen molar-refractivity contribution in [3.8, 4) is 0 Å². The van der Waals surface area contributed by atoms with Gasteiger partial charge < -0.3 is 9.26 Å². The summed E-state index contributed by atoms with van der Waals surface area (Å²) in [5.41, 5.74) is 0. The van der Waals surface area contributed by atoms with Crippen molar-refractivity contribution < 1.29 is 9.26 Å². The van der Waals surface area contributed by atoms with E-state index in [0.717, 1.165) is 36.9 Å². The van der Waals surface area contributed by atoms with Gasteiger partial charge in [0, 0.05) is 18.3 Å². The van der Waals surface area contributed by atoms with Gasteiger partial charge in [0.15, 0.2) is 5.82 Å². The molecule has 0 aromatic carbocycles. The second-order valence-corrected chi connectivity index (χ2v) is 4.90. The van der Waals surface area contributed by atoms with Gasteiger partial charge >= 0.3 is 0 Å². The van der Waals surface area contributed by atoms with Gasteiger partial charge in [0.05, 0.1) is 11.9 Å².